The highest BCUT2D eigenvalue weighted by Gasteiger charge is 2.11. The molecular weight excluding hydrogens is 242 g/mol. The molecule has 3 N–H and O–H groups in total. The monoisotopic (exact) mass is 259 g/mol. The summed E-state index contributed by atoms with van der Waals surface area (Å²) >= 11 is 0. The fourth-order valence-corrected chi connectivity index (χ4v) is 1.76. The highest BCUT2D eigenvalue weighted by molar-refractivity contribution is 5.92. The largest absolute Gasteiger partial charge is 0.469 e. The van der Waals surface area contributed by atoms with Gasteiger partial charge in [-0.25, -0.2) is 4.98 Å². The van der Waals surface area contributed by atoms with Crippen LogP contribution in [-0.2, 0) is 6.42 Å². The van der Waals surface area contributed by atoms with Crippen LogP contribution in [0.4, 0.5) is 5.82 Å². The van der Waals surface area contributed by atoms with Crippen molar-refractivity contribution in [2.24, 2.45) is 0 Å². The molecule has 1 unspecified atom stereocenters. The van der Waals surface area contributed by atoms with Gasteiger partial charge >= 0.3 is 0 Å². The zero-order valence-electron chi connectivity index (χ0n) is 10.8. The lowest BCUT2D eigenvalue weighted by molar-refractivity contribution is 0.0933. The minimum absolute atomic E-state index is 0.0424. The number of nitrogens with two attached hydrogens (primary N) is 1. The number of nitrogens with zero attached hydrogens (tertiary/aromatic N) is 1. The third-order valence-corrected chi connectivity index (χ3v) is 2.78. The quantitative estimate of drug-likeness (QED) is 0.860. The van der Waals surface area contributed by atoms with Gasteiger partial charge in [0.05, 0.1) is 6.26 Å². The van der Waals surface area contributed by atoms with Gasteiger partial charge in [0.2, 0.25) is 0 Å². The first-order valence-electron chi connectivity index (χ1n) is 6.21. The van der Waals surface area contributed by atoms with Crippen LogP contribution >= 0.6 is 0 Å². The molecule has 0 radical (unpaired) electrons. The minimum Gasteiger partial charge on any atom is -0.469 e. The van der Waals surface area contributed by atoms with Gasteiger partial charge in [0.25, 0.3) is 5.91 Å². The van der Waals surface area contributed by atoms with E-state index in [1.807, 2.05) is 19.1 Å². The second kappa shape index (κ2) is 6.04. The van der Waals surface area contributed by atoms with E-state index < -0.39 is 0 Å². The molecule has 0 fully saturated rings. The van der Waals surface area contributed by atoms with Crippen LogP contribution in [0.2, 0.25) is 0 Å². The fraction of sp³-hybridized carbons (Fsp3) is 0.286. The molecule has 2 aromatic heterocycles. The number of hydrogen-bond acceptors (Lipinski definition) is 4. The number of aromatic nitrogens is 1. The summed E-state index contributed by atoms with van der Waals surface area (Å²) in [4.78, 5) is 15.9. The second-order valence-electron chi connectivity index (χ2n) is 4.44. The van der Waals surface area contributed by atoms with E-state index in [2.05, 4.69) is 10.3 Å². The Bertz CT molecular complexity index is 537. The first-order chi connectivity index (χ1) is 9.15. The molecule has 2 rings (SSSR count). The molecule has 0 spiro atoms. The standard InChI is InChI=1S/C14H17N3O2/c1-10(7-8-11-4-3-9-19-11)16-14(18)12-5-2-6-13(15)17-12/h2-6,9-10H,7-8H2,1H3,(H2,15,17)(H,16,18). The third-order valence-electron chi connectivity index (χ3n) is 2.78. The smallest absolute Gasteiger partial charge is 0.270 e. The molecule has 0 saturated heterocycles. The summed E-state index contributed by atoms with van der Waals surface area (Å²) in [6, 6.07) is 8.83. The number of amides is 1. The van der Waals surface area contributed by atoms with Crippen LogP contribution in [-0.4, -0.2) is 16.9 Å². The van der Waals surface area contributed by atoms with Gasteiger partial charge in [0, 0.05) is 12.5 Å². The van der Waals surface area contributed by atoms with E-state index >= 15 is 0 Å². The highest BCUT2D eigenvalue weighted by atomic mass is 16.3. The maximum atomic E-state index is 11.9. The van der Waals surface area contributed by atoms with Crippen molar-refractivity contribution >= 4 is 11.7 Å². The molecule has 0 saturated carbocycles. The van der Waals surface area contributed by atoms with Crippen molar-refractivity contribution in [2.75, 3.05) is 5.73 Å². The fourth-order valence-electron chi connectivity index (χ4n) is 1.76. The molecule has 0 aliphatic rings. The first-order valence-corrected chi connectivity index (χ1v) is 6.21. The molecule has 0 bridgehead atoms. The van der Waals surface area contributed by atoms with Gasteiger partial charge in [-0.2, -0.15) is 0 Å². The van der Waals surface area contributed by atoms with Crippen molar-refractivity contribution in [3.8, 4) is 0 Å². The van der Waals surface area contributed by atoms with Gasteiger partial charge in [-0.05, 0) is 37.6 Å². The number of pyridine rings is 1. The summed E-state index contributed by atoms with van der Waals surface area (Å²) in [5.41, 5.74) is 5.88. The number of nitrogens with one attached hydrogen (secondary N) is 1. The maximum absolute atomic E-state index is 11.9. The molecular formula is C14H17N3O2. The number of carbonyl (C=O) groups excluding carboxylic acids is 1. The van der Waals surface area contributed by atoms with Gasteiger partial charge in [-0.3, -0.25) is 4.79 Å². The van der Waals surface area contributed by atoms with Gasteiger partial charge in [-0.1, -0.05) is 6.07 Å². The number of rotatable bonds is 5. The molecule has 19 heavy (non-hydrogen) atoms. The molecule has 0 aromatic carbocycles. The second-order valence-corrected chi connectivity index (χ2v) is 4.44. The minimum atomic E-state index is -0.209. The van der Waals surface area contributed by atoms with Crippen LogP contribution in [0.25, 0.3) is 0 Å². The lowest BCUT2D eigenvalue weighted by atomic mass is 10.1. The molecule has 2 heterocycles. The maximum Gasteiger partial charge on any atom is 0.270 e. The van der Waals surface area contributed by atoms with E-state index in [1.165, 1.54) is 0 Å². The van der Waals surface area contributed by atoms with Gasteiger partial charge in [-0.15, -0.1) is 0 Å². The van der Waals surface area contributed by atoms with Crippen molar-refractivity contribution < 1.29 is 9.21 Å². The normalized spacial score (nSPS) is 12.1. The summed E-state index contributed by atoms with van der Waals surface area (Å²) in [7, 11) is 0. The van der Waals surface area contributed by atoms with Crippen LogP contribution in [0.5, 0.6) is 0 Å². The number of nitrogen functional groups attached to an aromatic ring is 1. The van der Waals surface area contributed by atoms with E-state index in [9.17, 15) is 4.79 Å². The van der Waals surface area contributed by atoms with Crippen molar-refractivity contribution in [3.05, 3.63) is 48.0 Å². The summed E-state index contributed by atoms with van der Waals surface area (Å²) < 4.78 is 5.25. The number of hydrogen-bond donors (Lipinski definition) is 2. The topological polar surface area (TPSA) is 81.2 Å². The zero-order valence-corrected chi connectivity index (χ0v) is 10.8. The Morgan fingerprint density at radius 2 is 2.26 bits per heavy atom. The van der Waals surface area contributed by atoms with E-state index in [1.54, 1.807) is 24.5 Å². The molecule has 0 aliphatic heterocycles. The third kappa shape index (κ3) is 3.84. The lowest BCUT2D eigenvalue weighted by Crippen LogP contribution is -2.33. The number of anilines is 1. The zero-order chi connectivity index (χ0) is 13.7. The number of furan rings is 1. The van der Waals surface area contributed by atoms with Crippen LogP contribution in [0.3, 0.4) is 0 Å². The van der Waals surface area contributed by atoms with Crippen LogP contribution < -0.4 is 11.1 Å². The SMILES string of the molecule is CC(CCc1ccco1)NC(=O)c1cccc(N)n1. The summed E-state index contributed by atoms with van der Waals surface area (Å²) in [6.07, 6.45) is 3.25. The molecule has 2 aromatic rings. The Morgan fingerprint density at radius 1 is 1.42 bits per heavy atom. The van der Waals surface area contributed by atoms with E-state index in [-0.39, 0.29) is 11.9 Å². The number of carbonyl (C=O) groups is 1. The first kappa shape index (κ1) is 13.1. The number of aryl methyl sites for hydroxylation is 1. The molecule has 5 nitrogen and oxygen atoms in total. The summed E-state index contributed by atoms with van der Waals surface area (Å²) in [6.45, 7) is 1.95. The van der Waals surface area contributed by atoms with E-state index in [4.69, 9.17) is 10.2 Å². The molecule has 100 valence electrons. The summed E-state index contributed by atoms with van der Waals surface area (Å²) in [5.74, 6) is 1.05. The predicted octanol–water partition coefficient (Wildman–Crippen LogP) is 2.01. The average Bonchev–Trinajstić information content (AvgIpc) is 2.89. The van der Waals surface area contributed by atoms with Crippen LogP contribution in [0.15, 0.2) is 41.0 Å². The van der Waals surface area contributed by atoms with Crippen LogP contribution in [0, 0.1) is 0 Å². The van der Waals surface area contributed by atoms with Crippen LogP contribution in [0.1, 0.15) is 29.6 Å². The molecule has 1 amide bonds. The van der Waals surface area contributed by atoms with E-state index in [0.29, 0.717) is 11.5 Å². The molecule has 5 heteroatoms. The Balaban J connectivity index is 1.84. The average molecular weight is 259 g/mol. The Kier molecular flexibility index (Phi) is 4.18. The Hall–Kier alpha value is -2.30. The Labute approximate surface area is 111 Å². The van der Waals surface area contributed by atoms with Gasteiger partial charge in [0.15, 0.2) is 0 Å². The summed E-state index contributed by atoms with van der Waals surface area (Å²) in [5, 5.41) is 2.89. The predicted molar refractivity (Wildman–Crippen MR) is 72.6 cm³/mol. The Morgan fingerprint density at radius 3 is 2.95 bits per heavy atom. The molecule has 1 atom stereocenters. The van der Waals surface area contributed by atoms with Crippen molar-refractivity contribution in [2.45, 2.75) is 25.8 Å². The van der Waals surface area contributed by atoms with E-state index in [0.717, 1.165) is 18.6 Å². The lowest BCUT2D eigenvalue weighted by Gasteiger charge is -2.12. The highest BCUT2D eigenvalue weighted by Crippen LogP contribution is 2.07. The van der Waals surface area contributed by atoms with Gasteiger partial charge in [0.1, 0.15) is 17.3 Å². The van der Waals surface area contributed by atoms with Crippen molar-refractivity contribution in [3.63, 3.8) is 0 Å². The van der Waals surface area contributed by atoms with Crippen molar-refractivity contribution in [1.29, 1.82) is 0 Å². The van der Waals surface area contributed by atoms with Crippen molar-refractivity contribution in [1.82, 2.24) is 10.3 Å². The van der Waals surface area contributed by atoms with Gasteiger partial charge < -0.3 is 15.5 Å². The molecule has 0 aliphatic carbocycles.